The van der Waals surface area contributed by atoms with E-state index < -0.39 is 6.09 Å². The van der Waals surface area contributed by atoms with Gasteiger partial charge in [0.25, 0.3) is 5.91 Å². The summed E-state index contributed by atoms with van der Waals surface area (Å²) in [5.41, 5.74) is 2.24. The van der Waals surface area contributed by atoms with E-state index in [2.05, 4.69) is 20.0 Å². The first-order valence-corrected chi connectivity index (χ1v) is 11.8. The highest BCUT2D eigenvalue weighted by Crippen LogP contribution is 2.29. The van der Waals surface area contributed by atoms with Crippen LogP contribution in [0.4, 0.5) is 16.3 Å². The highest BCUT2D eigenvalue weighted by molar-refractivity contribution is 7.10. The zero-order chi connectivity index (χ0) is 23.9. The summed E-state index contributed by atoms with van der Waals surface area (Å²) < 4.78 is 10.9. The lowest BCUT2D eigenvalue weighted by molar-refractivity contribution is 0.0364. The number of ether oxygens (including phenoxy) is 2. The van der Waals surface area contributed by atoms with E-state index in [1.807, 2.05) is 53.7 Å². The highest BCUT2D eigenvalue weighted by atomic mass is 32.1. The van der Waals surface area contributed by atoms with Gasteiger partial charge >= 0.3 is 6.09 Å². The number of hydrogen-bond donors (Lipinski definition) is 1. The average Bonchev–Trinajstić information content (AvgIpc) is 3.37. The van der Waals surface area contributed by atoms with E-state index in [0.29, 0.717) is 44.0 Å². The van der Waals surface area contributed by atoms with Gasteiger partial charge < -0.3 is 24.6 Å². The summed E-state index contributed by atoms with van der Waals surface area (Å²) in [7, 11) is 3.26. The number of hydrogen-bond acceptors (Lipinski definition) is 8. The number of methoxy groups -OCH3 is 1. The number of rotatable bonds is 8. The molecule has 0 fully saturated rings. The van der Waals surface area contributed by atoms with E-state index in [9.17, 15) is 9.59 Å². The lowest BCUT2D eigenvalue weighted by Crippen LogP contribution is -2.33. The third-order valence-corrected chi connectivity index (χ3v) is 6.55. The van der Waals surface area contributed by atoms with Crippen molar-refractivity contribution < 1.29 is 19.1 Å². The Hall–Kier alpha value is -3.50. The number of amides is 2. The first-order chi connectivity index (χ1) is 16.6. The lowest BCUT2D eigenvalue weighted by Gasteiger charge is -2.22. The summed E-state index contributed by atoms with van der Waals surface area (Å²) in [5, 5.41) is 4.71. The van der Waals surface area contributed by atoms with Crippen molar-refractivity contribution in [3.05, 3.63) is 70.3 Å². The fraction of sp³-hybridized carbons (Fsp3) is 0.333. The van der Waals surface area contributed by atoms with E-state index in [1.165, 1.54) is 13.4 Å². The Morgan fingerprint density at radius 2 is 2.15 bits per heavy atom. The maximum absolute atomic E-state index is 13.3. The van der Waals surface area contributed by atoms with Crippen LogP contribution < -0.4 is 15.1 Å². The number of alkyl carbamates (subject to hydrolysis) is 1. The Balaban J connectivity index is 1.46. The number of anilines is 2. The number of nitrogens with zero attached hydrogens (tertiary/aromatic N) is 4. The molecule has 1 atom stereocenters. The summed E-state index contributed by atoms with van der Waals surface area (Å²) >= 11 is 1.61. The van der Waals surface area contributed by atoms with Gasteiger partial charge in [-0.15, -0.1) is 11.3 Å². The molecule has 34 heavy (non-hydrogen) atoms. The number of nitrogens with one attached hydrogen (secondary N) is 1. The maximum atomic E-state index is 13.3. The minimum Gasteiger partial charge on any atom is -0.453 e. The molecular formula is C24H27N5O4S. The zero-order valence-electron chi connectivity index (χ0n) is 19.1. The Bertz CT molecular complexity index is 1120. The van der Waals surface area contributed by atoms with Crippen molar-refractivity contribution >= 4 is 34.8 Å². The van der Waals surface area contributed by atoms with Crippen LogP contribution in [0.25, 0.3) is 0 Å². The van der Waals surface area contributed by atoms with Gasteiger partial charge in [0.15, 0.2) is 0 Å². The van der Waals surface area contributed by atoms with Gasteiger partial charge in [-0.05, 0) is 35.6 Å². The molecule has 3 aromatic rings. The van der Waals surface area contributed by atoms with Crippen molar-refractivity contribution in [1.82, 2.24) is 15.3 Å². The lowest BCUT2D eigenvalue weighted by atomic mass is 10.1. The first-order valence-electron chi connectivity index (χ1n) is 11.0. The number of aromatic nitrogens is 2. The average molecular weight is 482 g/mol. The predicted molar refractivity (Wildman–Crippen MR) is 130 cm³/mol. The topological polar surface area (TPSA) is 96.9 Å². The van der Waals surface area contributed by atoms with Crippen molar-refractivity contribution in [2.75, 3.05) is 43.6 Å². The highest BCUT2D eigenvalue weighted by Gasteiger charge is 2.27. The molecule has 4 rings (SSSR count). The molecule has 178 valence electrons. The van der Waals surface area contributed by atoms with Crippen LogP contribution in [0.5, 0.6) is 0 Å². The molecule has 0 aliphatic carbocycles. The maximum Gasteiger partial charge on any atom is 0.406 e. The number of fused-ring (bicyclic) bond motifs is 1. The van der Waals surface area contributed by atoms with Gasteiger partial charge in [-0.3, -0.25) is 4.79 Å². The molecular weight excluding hydrogens is 454 g/mol. The van der Waals surface area contributed by atoms with Crippen LogP contribution in [-0.2, 0) is 16.1 Å². The monoisotopic (exact) mass is 481 g/mol. The molecule has 0 spiro atoms. The van der Waals surface area contributed by atoms with Gasteiger partial charge in [-0.1, -0.05) is 18.2 Å². The molecule has 3 heterocycles. The van der Waals surface area contributed by atoms with E-state index in [0.717, 1.165) is 16.1 Å². The van der Waals surface area contributed by atoms with Crippen LogP contribution in [0.3, 0.4) is 0 Å². The summed E-state index contributed by atoms with van der Waals surface area (Å²) in [6.07, 6.45) is 3.01. The summed E-state index contributed by atoms with van der Waals surface area (Å²) in [6.45, 7) is 2.00. The van der Waals surface area contributed by atoms with Crippen molar-refractivity contribution in [2.24, 2.45) is 0 Å². The van der Waals surface area contributed by atoms with Gasteiger partial charge in [0.1, 0.15) is 17.7 Å². The summed E-state index contributed by atoms with van der Waals surface area (Å²) in [6, 6.07) is 11.8. The van der Waals surface area contributed by atoms with Gasteiger partial charge in [-0.25, -0.2) is 14.8 Å². The van der Waals surface area contributed by atoms with E-state index in [1.54, 1.807) is 22.4 Å². The Morgan fingerprint density at radius 3 is 2.94 bits per heavy atom. The van der Waals surface area contributed by atoms with Gasteiger partial charge in [0, 0.05) is 43.4 Å². The largest absolute Gasteiger partial charge is 0.453 e. The van der Waals surface area contributed by atoms with E-state index in [-0.39, 0.29) is 12.0 Å². The molecule has 2 amide bonds. The summed E-state index contributed by atoms with van der Waals surface area (Å²) in [5.74, 6) is 0.518. The minimum absolute atomic E-state index is 0.122. The Labute approximate surface area is 202 Å². The van der Waals surface area contributed by atoms with Crippen LogP contribution in [0.1, 0.15) is 33.3 Å². The fourth-order valence-electron chi connectivity index (χ4n) is 3.80. The third-order valence-electron chi connectivity index (χ3n) is 5.58. The van der Waals surface area contributed by atoms with Crippen LogP contribution in [0, 0.1) is 0 Å². The second kappa shape index (κ2) is 11.1. The van der Waals surface area contributed by atoms with Crippen LogP contribution in [0.15, 0.2) is 54.3 Å². The zero-order valence-corrected chi connectivity index (χ0v) is 20.0. The van der Waals surface area contributed by atoms with Gasteiger partial charge in [-0.2, -0.15) is 0 Å². The van der Waals surface area contributed by atoms with Gasteiger partial charge in [0.2, 0.25) is 0 Å². The standard InChI is InChI=1S/C24H27N5O4S/c1-28-10-11-29(23(30)19-14-25-16-27-22(19)28)18-6-3-5-17(13-18)15-33-20(21-7-4-12-34-21)8-9-26-24(31)32-2/h3-7,12-14,16,20H,8-11,15H2,1-2H3,(H,26,31). The number of likely N-dealkylation sites (N-methyl/N-ethyl adjacent to an activating group) is 1. The quantitative estimate of drug-likeness (QED) is 0.525. The number of carbonyl (C=O) groups excluding carboxylic acids is 2. The molecule has 0 bridgehead atoms. The molecule has 10 heteroatoms. The SMILES string of the molecule is COC(=O)NCCC(OCc1cccc(N2CCN(C)c3ncncc3C2=O)c1)c1cccs1. The number of benzene rings is 1. The fourth-order valence-corrected chi connectivity index (χ4v) is 4.61. The molecule has 1 unspecified atom stereocenters. The van der Waals surface area contributed by atoms with Crippen LogP contribution in [0.2, 0.25) is 0 Å². The van der Waals surface area contributed by atoms with E-state index >= 15 is 0 Å². The van der Waals surface area contributed by atoms with Crippen molar-refractivity contribution in [3.8, 4) is 0 Å². The molecule has 1 aliphatic heterocycles. The molecule has 0 saturated carbocycles. The predicted octanol–water partition coefficient (Wildman–Crippen LogP) is 3.64. The van der Waals surface area contributed by atoms with E-state index in [4.69, 9.17) is 4.74 Å². The van der Waals surface area contributed by atoms with Crippen molar-refractivity contribution in [1.29, 1.82) is 0 Å². The van der Waals surface area contributed by atoms with Crippen molar-refractivity contribution in [3.63, 3.8) is 0 Å². The third kappa shape index (κ3) is 5.52. The number of carbonyl (C=O) groups is 2. The molecule has 1 N–H and O–H groups in total. The van der Waals surface area contributed by atoms with Crippen LogP contribution in [-0.4, -0.2) is 55.8 Å². The molecule has 0 radical (unpaired) electrons. The van der Waals surface area contributed by atoms with Crippen molar-refractivity contribution in [2.45, 2.75) is 19.1 Å². The normalized spacial score (nSPS) is 14.4. The second-order valence-electron chi connectivity index (χ2n) is 7.83. The Kier molecular flexibility index (Phi) is 7.71. The molecule has 0 saturated heterocycles. The molecule has 9 nitrogen and oxygen atoms in total. The summed E-state index contributed by atoms with van der Waals surface area (Å²) in [4.78, 5) is 37.8. The minimum atomic E-state index is -0.461. The first kappa shape index (κ1) is 23.7. The molecule has 1 aromatic carbocycles. The second-order valence-corrected chi connectivity index (χ2v) is 8.81. The van der Waals surface area contributed by atoms with Crippen LogP contribution >= 0.6 is 11.3 Å². The molecule has 2 aromatic heterocycles. The number of thiophene rings is 1. The smallest absolute Gasteiger partial charge is 0.406 e. The van der Waals surface area contributed by atoms with Gasteiger partial charge in [0.05, 0.1) is 19.8 Å². The molecule has 1 aliphatic rings. The Morgan fingerprint density at radius 1 is 1.26 bits per heavy atom.